The lowest BCUT2D eigenvalue weighted by atomic mass is 10.1. The molecule has 0 spiro atoms. The van der Waals surface area contributed by atoms with Crippen LogP contribution in [0.15, 0.2) is 18.2 Å². The smallest absolute Gasteiger partial charge is 0.249 e. The molecule has 1 aliphatic heterocycles. The van der Waals surface area contributed by atoms with E-state index in [2.05, 4.69) is 10.6 Å². The van der Waals surface area contributed by atoms with Gasteiger partial charge in [0.2, 0.25) is 11.8 Å². The van der Waals surface area contributed by atoms with Crippen molar-refractivity contribution in [3.63, 3.8) is 0 Å². The Bertz CT molecular complexity index is 548. The van der Waals surface area contributed by atoms with Crippen LogP contribution in [0.4, 0.5) is 5.69 Å². The zero-order valence-corrected chi connectivity index (χ0v) is 13.0. The Labute approximate surface area is 129 Å². The molecule has 1 aromatic rings. The first-order valence-electron chi connectivity index (χ1n) is 7.16. The number of carbonyl (C=O) groups excluding carboxylic acids is 2. The van der Waals surface area contributed by atoms with E-state index in [9.17, 15) is 9.59 Å². The van der Waals surface area contributed by atoms with Crippen molar-refractivity contribution in [2.75, 3.05) is 18.0 Å². The van der Waals surface area contributed by atoms with Gasteiger partial charge in [-0.05, 0) is 30.7 Å². The van der Waals surface area contributed by atoms with Crippen LogP contribution in [0.1, 0.15) is 25.8 Å². The summed E-state index contributed by atoms with van der Waals surface area (Å²) in [6, 6.07) is 5.36. The van der Waals surface area contributed by atoms with Gasteiger partial charge in [0.15, 0.2) is 0 Å². The largest absolute Gasteiger partial charge is 0.349 e. The highest BCUT2D eigenvalue weighted by molar-refractivity contribution is 6.33. The number of halogens is 1. The van der Waals surface area contributed by atoms with Crippen molar-refractivity contribution in [3.8, 4) is 0 Å². The van der Waals surface area contributed by atoms with E-state index >= 15 is 0 Å². The van der Waals surface area contributed by atoms with Crippen LogP contribution in [-0.2, 0) is 16.1 Å². The molecule has 1 saturated heterocycles. The minimum atomic E-state index is -0.361. The Morgan fingerprint density at radius 1 is 1.38 bits per heavy atom. The molecule has 21 heavy (non-hydrogen) atoms. The molecule has 1 aliphatic rings. The topological polar surface area (TPSA) is 61.4 Å². The predicted octanol–water partition coefficient (Wildman–Crippen LogP) is 1.69. The number of hydrogen-bond acceptors (Lipinski definition) is 4. The second-order valence-corrected chi connectivity index (χ2v) is 5.44. The number of amides is 2. The predicted molar refractivity (Wildman–Crippen MR) is 83.4 cm³/mol. The van der Waals surface area contributed by atoms with Gasteiger partial charge in [0, 0.05) is 6.54 Å². The first-order valence-corrected chi connectivity index (χ1v) is 7.54. The lowest BCUT2D eigenvalue weighted by Gasteiger charge is -2.35. The molecule has 6 heteroatoms. The SMILES string of the molecule is CCNCc1ccc(N2CC(=O)NC(=O)C2CC)c(Cl)c1. The van der Waals surface area contributed by atoms with Crippen LogP contribution in [0.2, 0.25) is 5.02 Å². The Morgan fingerprint density at radius 3 is 2.76 bits per heavy atom. The number of rotatable bonds is 5. The van der Waals surface area contributed by atoms with E-state index in [1.807, 2.05) is 32.0 Å². The van der Waals surface area contributed by atoms with Gasteiger partial charge >= 0.3 is 0 Å². The summed E-state index contributed by atoms with van der Waals surface area (Å²) in [4.78, 5) is 25.3. The fourth-order valence-corrected chi connectivity index (χ4v) is 2.80. The van der Waals surface area contributed by atoms with Crippen LogP contribution in [-0.4, -0.2) is 30.9 Å². The minimum absolute atomic E-state index is 0.149. The first-order chi connectivity index (χ1) is 10.1. The van der Waals surface area contributed by atoms with Crippen molar-refractivity contribution in [3.05, 3.63) is 28.8 Å². The number of hydrogen-bond donors (Lipinski definition) is 2. The van der Waals surface area contributed by atoms with Gasteiger partial charge in [-0.25, -0.2) is 0 Å². The third kappa shape index (κ3) is 3.54. The number of nitrogens with one attached hydrogen (secondary N) is 2. The van der Waals surface area contributed by atoms with Gasteiger partial charge in [0.25, 0.3) is 0 Å². The monoisotopic (exact) mass is 309 g/mol. The Balaban J connectivity index is 2.26. The molecule has 0 radical (unpaired) electrons. The molecule has 2 amide bonds. The van der Waals surface area contributed by atoms with Crippen molar-refractivity contribution in [1.29, 1.82) is 0 Å². The summed E-state index contributed by atoms with van der Waals surface area (Å²) in [7, 11) is 0. The van der Waals surface area contributed by atoms with E-state index < -0.39 is 0 Å². The van der Waals surface area contributed by atoms with E-state index in [4.69, 9.17) is 11.6 Å². The van der Waals surface area contributed by atoms with Crippen molar-refractivity contribution in [2.24, 2.45) is 0 Å². The molecule has 114 valence electrons. The van der Waals surface area contributed by atoms with Gasteiger partial charge in [-0.2, -0.15) is 0 Å². The molecule has 0 aromatic heterocycles. The van der Waals surface area contributed by atoms with Gasteiger partial charge < -0.3 is 10.2 Å². The van der Waals surface area contributed by atoms with Crippen molar-refractivity contribution < 1.29 is 9.59 Å². The number of carbonyl (C=O) groups is 2. The van der Waals surface area contributed by atoms with Crippen LogP contribution in [0.5, 0.6) is 0 Å². The molecular weight excluding hydrogens is 290 g/mol. The lowest BCUT2D eigenvalue weighted by molar-refractivity contribution is -0.132. The van der Waals surface area contributed by atoms with Gasteiger partial charge in [-0.3, -0.25) is 14.9 Å². The van der Waals surface area contributed by atoms with Crippen LogP contribution >= 0.6 is 11.6 Å². The van der Waals surface area contributed by atoms with Crippen LogP contribution in [0.25, 0.3) is 0 Å². The summed E-state index contributed by atoms with van der Waals surface area (Å²) in [5, 5.41) is 6.16. The van der Waals surface area contributed by atoms with Gasteiger partial charge in [0.05, 0.1) is 17.3 Å². The van der Waals surface area contributed by atoms with Crippen LogP contribution in [0.3, 0.4) is 0 Å². The number of piperazine rings is 1. The number of imide groups is 1. The third-order valence-electron chi connectivity index (χ3n) is 3.54. The lowest BCUT2D eigenvalue weighted by Crippen LogP contribution is -2.58. The Kier molecular flexibility index (Phi) is 5.20. The molecule has 1 unspecified atom stereocenters. The molecule has 2 N–H and O–H groups in total. The number of nitrogens with zero attached hydrogens (tertiary/aromatic N) is 1. The number of anilines is 1. The summed E-state index contributed by atoms with van der Waals surface area (Å²) in [5.74, 6) is -0.556. The summed E-state index contributed by atoms with van der Waals surface area (Å²) in [6.45, 7) is 5.74. The van der Waals surface area contributed by atoms with E-state index in [1.165, 1.54) is 0 Å². The quantitative estimate of drug-likeness (QED) is 0.813. The molecular formula is C15H20ClN3O2. The van der Waals surface area contributed by atoms with E-state index in [1.54, 1.807) is 4.90 Å². The van der Waals surface area contributed by atoms with E-state index in [0.29, 0.717) is 11.4 Å². The highest BCUT2D eigenvalue weighted by Gasteiger charge is 2.33. The molecule has 1 atom stereocenters. The average Bonchev–Trinajstić information content (AvgIpc) is 2.44. The molecule has 0 saturated carbocycles. The zero-order chi connectivity index (χ0) is 15.4. The highest BCUT2D eigenvalue weighted by Crippen LogP contribution is 2.30. The van der Waals surface area contributed by atoms with Crippen LogP contribution < -0.4 is 15.5 Å². The van der Waals surface area contributed by atoms with Gasteiger partial charge in [0.1, 0.15) is 6.04 Å². The molecule has 0 aliphatic carbocycles. The van der Waals surface area contributed by atoms with Gasteiger partial charge in [-0.15, -0.1) is 0 Å². The standard InChI is InChI=1S/C15H20ClN3O2/c1-3-12-15(21)18-14(20)9-19(12)13-6-5-10(7-11(13)16)8-17-4-2/h5-7,12,17H,3-4,8-9H2,1-2H3,(H,18,20,21). The first kappa shape index (κ1) is 15.8. The van der Waals surface area contributed by atoms with E-state index in [0.717, 1.165) is 24.3 Å². The number of benzene rings is 1. The fraction of sp³-hybridized carbons (Fsp3) is 0.467. The summed E-state index contributed by atoms with van der Waals surface area (Å²) in [5.41, 5.74) is 1.80. The molecule has 1 aromatic carbocycles. The Morgan fingerprint density at radius 2 is 2.14 bits per heavy atom. The maximum Gasteiger partial charge on any atom is 0.249 e. The molecule has 1 heterocycles. The fourth-order valence-electron chi connectivity index (χ4n) is 2.49. The summed E-state index contributed by atoms with van der Waals surface area (Å²) < 4.78 is 0. The van der Waals surface area contributed by atoms with Crippen molar-refractivity contribution in [1.82, 2.24) is 10.6 Å². The second kappa shape index (κ2) is 6.91. The third-order valence-corrected chi connectivity index (χ3v) is 3.85. The maximum absolute atomic E-state index is 11.9. The minimum Gasteiger partial charge on any atom is -0.349 e. The van der Waals surface area contributed by atoms with Gasteiger partial charge in [-0.1, -0.05) is 31.5 Å². The summed E-state index contributed by atoms with van der Waals surface area (Å²) >= 11 is 6.35. The normalized spacial score (nSPS) is 18.8. The van der Waals surface area contributed by atoms with Crippen molar-refractivity contribution in [2.45, 2.75) is 32.9 Å². The maximum atomic E-state index is 11.9. The highest BCUT2D eigenvalue weighted by atomic mass is 35.5. The van der Waals surface area contributed by atoms with Crippen LogP contribution in [0, 0.1) is 0 Å². The second-order valence-electron chi connectivity index (χ2n) is 5.03. The summed E-state index contributed by atoms with van der Waals surface area (Å²) in [6.07, 6.45) is 0.620. The molecule has 2 rings (SSSR count). The molecule has 5 nitrogen and oxygen atoms in total. The van der Waals surface area contributed by atoms with Crippen molar-refractivity contribution >= 4 is 29.1 Å². The average molecular weight is 310 g/mol. The van der Waals surface area contributed by atoms with E-state index in [-0.39, 0.29) is 24.4 Å². The molecule has 0 bridgehead atoms. The molecule has 1 fully saturated rings. The zero-order valence-electron chi connectivity index (χ0n) is 12.3. The Hall–Kier alpha value is -1.59.